The fourth-order valence-corrected chi connectivity index (χ4v) is 1.20. The Bertz CT molecular complexity index is 407. The number of carboxylic acids is 1. The van der Waals surface area contributed by atoms with E-state index in [2.05, 4.69) is 4.98 Å². The minimum absolute atomic E-state index is 0.136. The number of carbonyl (C=O) groups is 1. The van der Waals surface area contributed by atoms with Crippen molar-refractivity contribution >= 4 is 11.7 Å². The van der Waals surface area contributed by atoms with E-state index >= 15 is 0 Å². The highest BCUT2D eigenvalue weighted by Gasteiger charge is 2.32. The lowest BCUT2D eigenvalue weighted by Crippen LogP contribution is -2.21. The van der Waals surface area contributed by atoms with Crippen LogP contribution in [0.3, 0.4) is 0 Å². The molecule has 1 aromatic rings. The Kier molecular flexibility index (Phi) is 3.93. The van der Waals surface area contributed by atoms with Crippen LogP contribution >= 0.6 is 0 Å². The van der Waals surface area contributed by atoms with Crippen LogP contribution in [-0.2, 0) is 11.0 Å². The Morgan fingerprint density at radius 1 is 1.53 bits per heavy atom. The molecule has 0 bridgehead atoms. The van der Waals surface area contributed by atoms with Crippen LogP contribution in [0.15, 0.2) is 18.3 Å². The van der Waals surface area contributed by atoms with Crippen molar-refractivity contribution < 1.29 is 23.1 Å². The number of aromatic nitrogens is 1. The van der Waals surface area contributed by atoms with E-state index in [0.717, 1.165) is 12.3 Å². The molecular weight excluding hydrogens is 237 g/mol. The van der Waals surface area contributed by atoms with Gasteiger partial charge in [-0.1, -0.05) is 0 Å². The van der Waals surface area contributed by atoms with Crippen molar-refractivity contribution in [2.45, 2.75) is 12.6 Å². The summed E-state index contributed by atoms with van der Waals surface area (Å²) in [7, 11) is 1.53. The largest absolute Gasteiger partial charge is 0.481 e. The second-order valence-electron chi connectivity index (χ2n) is 3.46. The summed E-state index contributed by atoms with van der Waals surface area (Å²) in [5, 5.41) is 8.47. The van der Waals surface area contributed by atoms with Gasteiger partial charge in [0.2, 0.25) is 0 Å². The summed E-state index contributed by atoms with van der Waals surface area (Å²) in [5.74, 6) is -0.998. The first kappa shape index (κ1) is 13.3. The van der Waals surface area contributed by atoms with Crippen molar-refractivity contribution in [3.63, 3.8) is 0 Å². The van der Waals surface area contributed by atoms with Crippen molar-refractivity contribution in [3.8, 4) is 0 Å². The zero-order valence-electron chi connectivity index (χ0n) is 9.03. The van der Waals surface area contributed by atoms with E-state index in [0.29, 0.717) is 0 Å². The quantitative estimate of drug-likeness (QED) is 0.885. The summed E-state index contributed by atoms with van der Waals surface area (Å²) in [4.78, 5) is 15.0. The van der Waals surface area contributed by atoms with Crippen LogP contribution in [0.2, 0.25) is 0 Å². The van der Waals surface area contributed by atoms with Gasteiger partial charge in [0, 0.05) is 25.5 Å². The average Bonchev–Trinajstić information content (AvgIpc) is 2.25. The van der Waals surface area contributed by atoms with Crippen LogP contribution in [0, 0.1) is 0 Å². The normalized spacial score (nSPS) is 11.3. The van der Waals surface area contributed by atoms with E-state index in [1.807, 2.05) is 0 Å². The fraction of sp³-hybridized carbons (Fsp3) is 0.400. The third-order valence-corrected chi connectivity index (χ3v) is 2.14. The summed E-state index contributed by atoms with van der Waals surface area (Å²) in [5.41, 5.74) is -0.703. The topological polar surface area (TPSA) is 53.4 Å². The highest BCUT2D eigenvalue weighted by atomic mass is 19.4. The van der Waals surface area contributed by atoms with Gasteiger partial charge in [-0.2, -0.15) is 13.2 Å². The smallest absolute Gasteiger partial charge is 0.433 e. The number of halogens is 3. The second-order valence-corrected chi connectivity index (χ2v) is 3.46. The van der Waals surface area contributed by atoms with Crippen molar-refractivity contribution in [2.75, 3.05) is 18.5 Å². The highest BCUT2D eigenvalue weighted by molar-refractivity contribution is 5.67. The zero-order chi connectivity index (χ0) is 13.1. The first-order valence-corrected chi connectivity index (χ1v) is 4.77. The maximum atomic E-state index is 12.4. The summed E-state index contributed by atoms with van der Waals surface area (Å²) < 4.78 is 37.1. The van der Waals surface area contributed by atoms with Gasteiger partial charge in [-0.25, -0.2) is 0 Å². The maximum absolute atomic E-state index is 12.4. The second kappa shape index (κ2) is 5.03. The molecule has 0 radical (unpaired) electrons. The molecule has 1 aromatic heterocycles. The molecule has 94 valence electrons. The minimum atomic E-state index is -4.50. The molecule has 0 amide bonds. The lowest BCUT2D eigenvalue weighted by molar-refractivity contribution is -0.141. The standard InChI is InChI=1S/C10H11F3N2O2/c1-15(5-3-9(16)17)7-2-4-14-8(6-7)10(11,12)13/h2,4,6H,3,5H2,1H3,(H,16,17). The van der Waals surface area contributed by atoms with Crippen LogP contribution in [0.1, 0.15) is 12.1 Å². The molecule has 0 saturated carbocycles. The minimum Gasteiger partial charge on any atom is -0.481 e. The molecule has 1 heterocycles. The van der Waals surface area contributed by atoms with Gasteiger partial charge in [0.05, 0.1) is 6.42 Å². The van der Waals surface area contributed by atoms with E-state index in [1.54, 1.807) is 0 Å². The molecule has 0 unspecified atom stereocenters. The third kappa shape index (κ3) is 3.93. The predicted octanol–water partition coefficient (Wildman–Crippen LogP) is 2.01. The molecule has 4 nitrogen and oxygen atoms in total. The van der Waals surface area contributed by atoms with E-state index in [9.17, 15) is 18.0 Å². The molecule has 0 aliphatic carbocycles. The molecule has 0 spiro atoms. The number of carboxylic acid groups (broad SMARTS) is 1. The molecule has 0 aliphatic rings. The monoisotopic (exact) mass is 248 g/mol. The van der Waals surface area contributed by atoms with Crippen molar-refractivity contribution in [2.24, 2.45) is 0 Å². The molecule has 0 saturated heterocycles. The van der Waals surface area contributed by atoms with Gasteiger partial charge < -0.3 is 10.0 Å². The van der Waals surface area contributed by atoms with Crippen LogP contribution in [0.5, 0.6) is 0 Å². The number of hydrogen-bond donors (Lipinski definition) is 1. The molecule has 0 fully saturated rings. The number of pyridine rings is 1. The van der Waals surface area contributed by atoms with Gasteiger partial charge >= 0.3 is 12.1 Å². The third-order valence-electron chi connectivity index (χ3n) is 2.14. The Morgan fingerprint density at radius 3 is 2.71 bits per heavy atom. The summed E-state index contributed by atoms with van der Waals surface area (Å²) in [6, 6.07) is 2.29. The predicted molar refractivity (Wildman–Crippen MR) is 54.8 cm³/mol. The number of aliphatic carboxylic acids is 1. The van der Waals surface area contributed by atoms with Gasteiger partial charge in [0.25, 0.3) is 0 Å². The van der Waals surface area contributed by atoms with Crippen LogP contribution < -0.4 is 4.90 Å². The lowest BCUT2D eigenvalue weighted by atomic mass is 10.2. The maximum Gasteiger partial charge on any atom is 0.433 e. The van der Waals surface area contributed by atoms with E-state index in [-0.39, 0.29) is 18.7 Å². The van der Waals surface area contributed by atoms with E-state index in [4.69, 9.17) is 5.11 Å². The molecule has 0 aliphatic heterocycles. The number of nitrogens with zero attached hydrogens (tertiary/aromatic N) is 2. The van der Waals surface area contributed by atoms with Gasteiger partial charge in [0.1, 0.15) is 5.69 Å². The molecule has 1 rings (SSSR count). The highest BCUT2D eigenvalue weighted by Crippen LogP contribution is 2.29. The number of anilines is 1. The molecule has 1 N–H and O–H groups in total. The van der Waals surface area contributed by atoms with Crippen molar-refractivity contribution in [1.29, 1.82) is 0 Å². The van der Waals surface area contributed by atoms with Gasteiger partial charge in [-0.3, -0.25) is 9.78 Å². The van der Waals surface area contributed by atoms with E-state index in [1.165, 1.54) is 18.0 Å². The first-order valence-electron chi connectivity index (χ1n) is 4.77. The summed E-state index contributed by atoms with van der Waals surface area (Å²) in [6.07, 6.45) is -3.58. The van der Waals surface area contributed by atoms with Crippen molar-refractivity contribution in [3.05, 3.63) is 24.0 Å². The number of alkyl halides is 3. The van der Waals surface area contributed by atoms with Crippen LogP contribution in [0.4, 0.5) is 18.9 Å². The number of rotatable bonds is 4. The van der Waals surface area contributed by atoms with Gasteiger partial charge in [0.15, 0.2) is 0 Å². The first-order chi connectivity index (χ1) is 7.80. The molecule has 17 heavy (non-hydrogen) atoms. The lowest BCUT2D eigenvalue weighted by Gasteiger charge is -2.19. The Labute approximate surface area is 95.7 Å². The van der Waals surface area contributed by atoms with Crippen molar-refractivity contribution in [1.82, 2.24) is 4.98 Å². The van der Waals surface area contributed by atoms with E-state index < -0.39 is 17.8 Å². The molecular formula is C10H11F3N2O2. The van der Waals surface area contributed by atoms with Gasteiger partial charge in [-0.15, -0.1) is 0 Å². The van der Waals surface area contributed by atoms with Crippen LogP contribution in [-0.4, -0.2) is 29.7 Å². The van der Waals surface area contributed by atoms with Crippen LogP contribution in [0.25, 0.3) is 0 Å². The SMILES string of the molecule is CN(CCC(=O)O)c1ccnc(C(F)(F)F)c1. The average molecular weight is 248 g/mol. The number of hydrogen-bond acceptors (Lipinski definition) is 3. The molecule has 0 atom stereocenters. The molecule has 0 aromatic carbocycles. The Hall–Kier alpha value is -1.79. The van der Waals surface area contributed by atoms with Gasteiger partial charge in [-0.05, 0) is 12.1 Å². The fourth-order valence-electron chi connectivity index (χ4n) is 1.20. The molecule has 7 heteroatoms. The summed E-state index contributed by atoms with van der Waals surface area (Å²) >= 11 is 0. The Morgan fingerprint density at radius 2 is 2.18 bits per heavy atom. The zero-order valence-corrected chi connectivity index (χ0v) is 9.03. The Balaban J connectivity index is 2.81. The summed E-state index contributed by atoms with van der Waals surface area (Å²) in [6.45, 7) is 0.136.